The number of carbonyl (C=O) groups excluding carboxylic acids is 3. The molecule has 1 atom stereocenters. The van der Waals surface area contributed by atoms with E-state index in [1.807, 2.05) is 19.9 Å². The molecule has 2 aromatic carbocycles. The summed E-state index contributed by atoms with van der Waals surface area (Å²) in [5, 5.41) is 2.82. The van der Waals surface area contributed by atoms with Crippen molar-refractivity contribution >= 4 is 27.7 Å². The van der Waals surface area contributed by atoms with E-state index in [0.717, 1.165) is 9.87 Å². The quantitative estimate of drug-likeness (QED) is 0.535. The Balaban J connectivity index is 1.72. The zero-order valence-electron chi connectivity index (χ0n) is 20.4. The third kappa shape index (κ3) is 5.82. The second-order valence-corrected chi connectivity index (χ2v) is 10.5. The van der Waals surface area contributed by atoms with Gasteiger partial charge in [-0.1, -0.05) is 24.3 Å². The maximum atomic E-state index is 13.2. The summed E-state index contributed by atoms with van der Waals surface area (Å²) >= 11 is 0. The Bertz CT molecular complexity index is 1210. The van der Waals surface area contributed by atoms with Gasteiger partial charge in [0.1, 0.15) is 16.7 Å². The van der Waals surface area contributed by atoms with Gasteiger partial charge >= 0.3 is 0 Å². The molecule has 3 rings (SSSR count). The molecule has 0 saturated heterocycles. The number of amides is 3. The van der Waals surface area contributed by atoms with Gasteiger partial charge in [-0.05, 0) is 57.0 Å². The van der Waals surface area contributed by atoms with Crippen molar-refractivity contribution in [1.29, 1.82) is 0 Å². The molecule has 1 aliphatic heterocycles. The van der Waals surface area contributed by atoms with Gasteiger partial charge in [0, 0.05) is 25.6 Å². The molecule has 1 heterocycles. The van der Waals surface area contributed by atoms with Crippen LogP contribution in [0.1, 0.15) is 49.5 Å². The monoisotopic (exact) mass is 501 g/mol. The number of sulfonamides is 1. The van der Waals surface area contributed by atoms with E-state index in [1.165, 1.54) is 17.0 Å². The Morgan fingerprint density at radius 2 is 1.80 bits per heavy atom. The number of fused-ring (bicyclic) bond motifs is 1. The molecule has 2 aromatic rings. The number of hydrogen-bond acceptors (Lipinski definition) is 6. The largest absolute Gasteiger partial charge is 0.497 e. The lowest BCUT2D eigenvalue weighted by Crippen LogP contribution is -2.49. The maximum absolute atomic E-state index is 13.2. The second kappa shape index (κ2) is 10.9. The van der Waals surface area contributed by atoms with Crippen LogP contribution in [-0.4, -0.2) is 61.1 Å². The minimum atomic E-state index is -3.93. The van der Waals surface area contributed by atoms with Crippen LogP contribution < -0.4 is 10.1 Å². The number of carbonyl (C=O) groups is 3. The number of benzene rings is 2. The fraction of sp³-hybridized carbons (Fsp3) is 0.400. The van der Waals surface area contributed by atoms with Crippen molar-refractivity contribution in [2.24, 2.45) is 0 Å². The van der Waals surface area contributed by atoms with Crippen LogP contribution in [-0.2, 0) is 26.2 Å². The van der Waals surface area contributed by atoms with E-state index in [2.05, 4.69) is 5.32 Å². The minimum absolute atomic E-state index is 0.0186. The summed E-state index contributed by atoms with van der Waals surface area (Å²) in [6.07, 6.45) is 0.101. The molecule has 0 aromatic heterocycles. The number of nitrogens with zero attached hydrogens (tertiary/aromatic N) is 2. The summed E-state index contributed by atoms with van der Waals surface area (Å²) in [5.74, 6) is -0.567. The van der Waals surface area contributed by atoms with Crippen LogP contribution >= 0.6 is 0 Å². The minimum Gasteiger partial charge on any atom is -0.497 e. The number of nitrogens with one attached hydrogen (secondary N) is 1. The lowest BCUT2D eigenvalue weighted by Gasteiger charge is -2.29. The highest BCUT2D eigenvalue weighted by molar-refractivity contribution is 7.90. The average Bonchev–Trinajstić information content (AvgIpc) is 3.02. The summed E-state index contributed by atoms with van der Waals surface area (Å²) in [6, 6.07) is 12.4. The molecular weight excluding hydrogens is 470 g/mol. The summed E-state index contributed by atoms with van der Waals surface area (Å²) in [6.45, 7) is 5.38. The molecule has 188 valence electrons. The van der Waals surface area contributed by atoms with E-state index in [9.17, 15) is 22.8 Å². The SMILES string of the molecule is COc1cccc(CN(C(=O)CCCN2C(=O)c3ccccc3S2(=O)=O)C(C)C(=O)NC(C)C)c1. The molecule has 0 bridgehead atoms. The van der Waals surface area contributed by atoms with Gasteiger partial charge in [0.05, 0.1) is 12.7 Å². The van der Waals surface area contributed by atoms with Crippen molar-refractivity contribution in [2.45, 2.75) is 57.1 Å². The Hall–Kier alpha value is -3.40. The number of ether oxygens (including phenoxy) is 1. The smallest absolute Gasteiger partial charge is 0.269 e. The molecule has 0 radical (unpaired) electrons. The van der Waals surface area contributed by atoms with Gasteiger partial charge in [-0.2, -0.15) is 0 Å². The van der Waals surface area contributed by atoms with Gasteiger partial charge < -0.3 is 15.0 Å². The van der Waals surface area contributed by atoms with E-state index in [0.29, 0.717) is 5.75 Å². The topological polar surface area (TPSA) is 113 Å². The molecule has 35 heavy (non-hydrogen) atoms. The van der Waals surface area contributed by atoms with Crippen LogP contribution in [0, 0.1) is 0 Å². The highest BCUT2D eigenvalue weighted by atomic mass is 32.2. The Kier molecular flexibility index (Phi) is 8.16. The first-order valence-corrected chi connectivity index (χ1v) is 12.9. The van der Waals surface area contributed by atoms with Crippen molar-refractivity contribution in [3.8, 4) is 5.75 Å². The highest BCUT2D eigenvalue weighted by Gasteiger charge is 2.40. The predicted octanol–water partition coefficient (Wildman–Crippen LogP) is 2.56. The molecule has 0 saturated carbocycles. The summed E-state index contributed by atoms with van der Waals surface area (Å²) < 4.78 is 31.6. The first-order valence-electron chi connectivity index (χ1n) is 11.4. The molecule has 0 spiro atoms. The van der Waals surface area contributed by atoms with Crippen molar-refractivity contribution in [1.82, 2.24) is 14.5 Å². The lowest BCUT2D eigenvalue weighted by molar-refractivity contribution is -0.140. The summed E-state index contributed by atoms with van der Waals surface area (Å²) in [7, 11) is -2.38. The van der Waals surface area contributed by atoms with Crippen LogP contribution in [0.5, 0.6) is 5.75 Å². The fourth-order valence-corrected chi connectivity index (χ4v) is 5.53. The standard InChI is InChI=1S/C25H31N3O6S/c1-17(2)26-24(30)18(3)27(16-19-9-7-10-20(15-19)34-4)23(29)13-8-14-28-25(31)21-11-5-6-12-22(21)35(28,32)33/h5-7,9-12,15,17-18H,8,13-14,16H2,1-4H3,(H,26,30). The zero-order valence-corrected chi connectivity index (χ0v) is 21.2. The normalized spacial score (nSPS) is 15.0. The van der Waals surface area contributed by atoms with Gasteiger partial charge in [0.2, 0.25) is 11.8 Å². The van der Waals surface area contributed by atoms with Crippen LogP contribution in [0.4, 0.5) is 0 Å². The van der Waals surface area contributed by atoms with Crippen LogP contribution in [0.2, 0.25) is 0 Å². The van der Waals surface area contributed by atoms with Gasteiger partial charge in [0.15, 0.2) is 0 Å². The van der Waals surface area contributed by atoms with Gasteiger partial charge in [-0.3, -0.25) is 14.4 Å². The van der Waals surface area contributed by atoms with E-state index in [1.54, 1.807) is 44.4 Å². The van der Waals surface area contributed by atoms with E-state index < -0.39 is 22.0 Å². The van der Waals surface area contributed by atoms with Crippen molar-refractivity contribution in [2.75, 3.05) is 13.7 Å². The van der Waals surface area contributed by atoms with E-state index in [4.69, 9.17) is 4.74 Å². The Morgan fingerprint density at radius 1 is 1.09 bits per heavy atom. The van der Waals surface area contributed by atoms with E-state index in [-0.39, 0.29) is 54.2 Å². The van der Waals surface area contributed by atoms with E-state index >= 15 is 0 Å². The van der Waals surface area contributed by atoms with Crippen molar-refractivity contribution in [3.63, 3.8) is 0 Å². The summed E-state index contributed by atoms with van der Waals surface area (Å²) in [4.78, 5) is 40.0. The first-order chi connectivity index (χ1) is 16.6. The fourth-order valence-electron chi connectivity index (χ4n) is 3.92. The third-order valence-corrected chi connectivity index (χ3v) is 7.59. The maximum Gasteiger partial charge on any atom is 0.269 e. The van der Waals surface area contributed by atoms with Gasteiger partial charge in [-0.25, -0.2) is 12.7 Å². The van der Waals surface area contributed by atoms with Crippen LogP contribution in [0.15, 0.2) is 53.4 Å². The molecule has 1 aliphatic rings. The first kappa shape index (κ1) is 26.2. The molecule has 0 fully saturated rings. The molecule has 1 unspecified atom stereocenters. The van der Waals surface area contributed by atoms with Crippen LogP contribution in [0.25, 0.3) is 0 Å². The molecule has 0 aliphatic carbocycles. The van der Waals surface area contributed by atoms with Crippen LogP contribution in [0.3, 0.4) is 0 Å². The molecular formula is C25H31N3O6S. The Labute approximate surface area is 206 Å². The van der Waals surface area contributed by atoms with Gasteiger partial charge in [-0.15, -0.1) is 0 Å². The molecule has 9 nitrogen and oxygen atoms in total. The lowest BCUT2D eigenvalue weighted by atomic mass is 10.1. The van der Waals surface area contributed by atoms with Crippen molar-refractivity contribution < 1.29 is 27.5 Å². The number of hydrogen-bond donors (Lipinski definition) is 1. The molecule has 1 N–H and O–H groups in total. The number of methoxy groups -OCH3 is 1. The highest BCUT2D eigenvalue weighted by Crippen LogP contribution is 2.30. The zero-order chi connectivity index (χ0) is 25.8. The predicted molar refractivity (Wildman–Crippen MR) is 130 cm³/mol. The second-order valence-electron chi connectivity index (χ2n) is 8.69. The van der Waals surface area contributed by atoms with Crippen molar-refractivity contribution in [3.05, 3.63) is 59.7 Å². The molecule has 10 heteroatoms. The Morgan fingerprint density at radius 3 is 2.46 bits per heavy atom. The summed E-state index contributed by atoms with van der Waals surface area (Å²) in [5.41, 5.74) is 0.923. The number of rotatable bonds is 10. The van der Waals surface area contributed by atoms with Gasteiger partial charge in [0.25, 0.3) is 15.9 Å². The molecule has 3 amide bonds. The average molecular weight is 502 g/mol. The third-order valence-electron chi connectivity index (χ3n) is 5.75.